The van der Waals surface area contributed by atoms with Crippen molar-refractivity contribution in [1.29, 1.82) is 0 Å². The molecule has 2 aliphatic rings. The maximum Gasteiger partial charge on any atom is 0.149 e. The molecular weight excluding hydrogens is 358 g/mol. The summed E-state index contributed by atoms with van der Waals surface area (Å²) in [4.78, 5) is 11.7. The van der Waals surface area contributed by atoms with E-state index in [4.69, 9.17) is 10.5 Å². The average Bonchev–Trinajstić information content (AvgIpc) is 2.78. The molecule has 1 heterocycles. The monoisotopic (exact) mass is 379 g/mol. The van der Waals surface area contributed by atoms with E-state index in [9.17, 15) is 4.79 Å². The van der Waals surface area contributed by atoms with Crippen molar-refractivity contribution in [2.24, 2.45) is 0 Å². The van der Waals surface area contributed by atoms with E-state index in [2.05, 4.69) is 42.5 Å². The van der Waals surface area contributed by atoms with E-state index in [1.54, 1.807) is 0 Å². The largest absolute Gasteiger partial charge is 0.456 e. The van der Waals surface area contributed by atoms with E-state index >= 15 is 0 Å². The number of fused-ring (bicyclic) bond motifs is 2. The number of hydrogen-bond donors (Lipinski definition) is 1. The van der Waals surface area contributed by atoms with Gasteiger partial charge in [0.1, 0.15) is 17.8 Å². The molecule has 0 radical (unpaired) electrons. The number of ether oxygens (including phenoxy) is 1. The average molecular weight is 379 g/mol. The van der Waals surface area contributed by atoms with Gasteiger partial charge in [-0.15, -0.1) is 0 Å². The van der Waals surface area contributed by atoms with Crippen LogP contribution in [-0.4, -0.2) is 6.29 Å². The molecule has 3 aromatic carbocycles. The Morgan fingerprint density at radius 2 is 1.69 bits per heavy atom. The van der Waals surface area contributed by atoms with Crippen LogP contribution in [0.4, 0.5) is 5.69 Å². The first-order chi connectivity index (χ1) is 14.2. The fourth-order valence-corrected chi connectivity index (χ4v) is 4.22. The van der Waals surface area contributed by atoms with E-state index in [1.807, 2.05) is 36.4 Å². The highest BCUT2D eigenvalue weighted by atomic mass is 16.5. The van der Waals surface area contributed by atoms with Gasteiger partial charge in [-0.1, -0.05) is 54.6 Å². The summed E-state index contributed by atoms with van der Waals surface area (Å²) in [6.07, 6.45) is 4.76. The number of nitrogens with two attached hydrogens (primary N) is 1. The SMILES string of the molecule is Nc1ccc(-c2ccc3c(c2)OC2=C(C=O)CCC(c4ccccc4)C2=C3)cc1. The minimum atomic E-state index is 0.236. The Balaban J connectivity index is 1.60. The van der Waals surface area contributed by atoms with Crippen LogP contribution in [0.2, 0.25) is 0 Å². The maximum absolute atomic E-state index is 11.7. The molecule has 1 aliphatic heterocycles. The van der Waals surface area contributed by atoms with Crippen molar-refractivity contribution in [2.75, 3.05) is 5.73 Å². The molecule has 142 valence electrons. The van der Waals surface area contributed by atoms with Gasteiger partial charge in [0, 0.05) is 28.3 Å². The fourth-order valence-electron chi connectivity index (χ4n) is 4.22. The van der Waals surface area contributed by atoms with Crippen LogP contribution in [0.5, 0.6) is 5.75 Å². The van der Waals surface area contributed by atoms with Crippen LogP contribution >= 0.6 is 0 Å². The molecule has 5 rings (SSSR count). The van der Waals surface area contributed by atoms with Crippen LogP contribution in [0.25, 0.3) is 17.2 Å². The first-order valence-corrected chi connectivity index (χ1v) is 9.86. The van der Waals surface area contributed by atoms with Crippen molar-refractivity contribution in [2.45, 2.75) is 18.8 Å². The molecule has 3 heteroatoms. The van der Waals surface area contributed by atoms with Crippen molar-refractivity contribution in [1.82, 2.24) is 0 Å². The molecule has 0 aromatic heterocycles. The van der Waals surface area contributed by atoms with Crippen molar-refractivity contribution < 1.29 is 9.53 Å². The molecule has 2 N–H and O–H groups in total. The first-order valence-electron chi connectivity index (χ1n) is 9.86. The molecule has 1 atom stereocenters. The lowest BCUT2D eigenvalue weighted by molar-refractivity contribution is -0.105. The van der Waals surface area contributed by atoms with Gasteiger partial charge in [-0.3, -0.25) is 4.79 Å². The lowest BCUT2D eigenvalue weighted by Crippen LogP contribution is -2.19. The smallest absolute Gasteiger partial charge is 0.149 e. The number of anilines is 1. The van der Waals surface area contributed by atoms with Gasteiger partial charge in [0.15, 0.2) is 0 Å². The van der Waals surface area contributed by atoms with Crippen LogP contribution in [0.1, 0.15) is 29.9 Å². The molecule has 0 spiro atoms. The second-order valence-electron chi connectivity index (χ2n) is 7.55. The predicted octanol–water partition coefficient (Wildman–Crippen LogP) is 5.74. The third kappa shape index (κ3) is 3.15. The van der Waals surface area contributed by atoms with E-state index in [-0.39, 0.29) is 5.92 Å². The van der Waals surface area contributed by atoms with Gasteiger partial charge < -0.3 is 10.5 Å². The van der Waals surface area contributed by atoms with Gasteiger partial charge in [0.2, 0.25) is 0 Å². The van der Waals surface area contributed by atoms with Crippen molar-refractivity contribution in [3.8, 4) is 16.9 Å². The number of aldehydes is 1. The second kappa shape index (κ2) is 7.10. The molecule has 1 unspecified atom stereocenters. The number of allylic oxidation sites excluding steroid dienone is 2. The lowest BCUT2D eigenvalue weighted by Gasteiger charge is -2.32. The molecule has 3 aromatic rings. The molecule has 3 nitrogen and oxygen atoms in total. The molecule has 1 aliphatic carbocycles. The molecular formula is C26H21NO2. The number of benzene rings is 3. The van der Waals surface area contributed by atoms with Crippen molar-refractivity contribution >= 4 is 18.0 Å². The van der Waals surface area contributed by atoms with Crippen LogP contribution in [0, 0.1) is 0 Å². The molecule has 0 amide bonds. The van der Waals surface area contributed by atoms with Crippen LogP contribution in [0.3, 0.4) is 0 Å². The Morgan fingerprint density at radius 3 is 2.45 bits per heavy atom. The summed E-state index contributed by atoms with van der Waals surface area (Å²) in [7, 11) is 0. The molecule has 0 fully saturated rings. The summed E-state index contributed by atoms with van der Waals surface area (Å²) in [5.74, 6) is 1.74. The fraction of sp³-hybridized carbons (Fsp3) is 0.115. The van der Waals surface area contributed by atoms with Gasteiger partial charge >= 0.3 is 0 Å². The van der Waals surface area contributed by atoms with Gasteiger partial charge in [-0.05, 0) is 53.8 Å². The predicted molar refractivity (Wildman–Crippen MR) is 116 cm³/mol. The minimum absolute atomic E-state index is 0.236. The summed E-state index contributed by atoms with van der Waals surface area (Å²) < 4.78 is 6.33. The molecule has 0 saturated heterocycles. The van der Waals surface area contributed by atoms with Crippen LogP contribution in [-0.2, 0) is 4.79 Å². The van der Waals surface area contributed by atoms with Gasteiger partial charge in [-0.25, -0.2) is 0 Å². The number of nitrogen functional groups attached to an aromatic ring is 1. The third-order valence-corrected chi connectivity index (χ3v) is 5.76. The Morgan fingerprint density at radius 1 is 0.931 bits per heavy atom. The zero-order chi connectivity index (χ0) is 19.8. The minimum Gasteiger partial charge on any atom is -0.456 e. The summed E-state index contributed by atoms with van der Waals surface area (Å²) in [6.45, 7) is 0. The van der Waals surface area contributed by atoms with Gasteiger partial charge in [0.25, 0.3) is 0 Å². The van der Waals surface area contributed by atoms with Crippen LogP contribution in [0.15, 0.2) is 89.7 Å². The zero-order valence-corrected chi connectivity index (χ0v) is 16.0. The summed E-state index contributed by atoms with van der Waals surface area (Å²) >= 11 is 0. The summed E-state index contributed by atoms with van der Waals surface area (Å²) in [6, 6.07) is 24.5. The Hall–Kier alpha value is -3.59. The van der Waals surface area contributed by atoms with E-state index in [0.29, 0.717) is 0 Å². The maximum atomic E-state index is 11.7. The number of hydrogen-bond acceptors (Lipinski definition) is 3. The molecule has 0 saturated carbocycles. The van der Waals surface area contributed by atoms with Gasteiger partial charge in [0.05, 0.1) is 0 Å². The van der Waals surface area contributed by atoms with E-state index in [0.717, 1.165) is 64.2 Å². The Bertz CT molecular complexity index is 1140. The highest BCUT2D eigenvalue weighted by Crippen LogP contribution is 2.46. The topological polar surface area (TPSA) is 52.3 Å². The highest BCUT2D eigenvalue weighted by molar-refractivity contribution is 5.82. The zero-order valence-electron chi connectivity index (χ0n) is 16.0. The van der Waals surface area contributed by atoms with E-state index < -0.39 is 0 Å². The summed E-state index contributed by atoms with van der Waals surface area (Å²) in [5, 5.41) is 0. The number of rotatable bonds is 3. The molecule has 29 heavy (non-hydrogen) atoms. The Labute approximate surface area is 170 Å². The first kappa shape index (κ1) is 17.5. The van der Waals surface area contributed by atoms with Crippen molar-refractivity contribution in [3.63, 3.8) is 0 Å². The van der Waals surface area contributed by atoms with Gasteiger partial charge in [-0.2, -0.15) is 0 Å². The number of carbonyl (C=O) groups is 1. The summed E-state index contributed by atoms with van der Waals surface area (Å²) in [5.41, 5.74) is 12.8. The van der Waals surface area contributed by atoms with E-state index in [1.165, 1.54) is 5.56 Å². The van der Waals surface area contributed by atoms with Crippen LogP contribution < -0.4 is 10.5 Å². The Kier molecular flexibility index (Phi) is 4.28. The standard InChI is InChI=1S/C26H21NO2/c27-22-11-8-17(9-12-22)19-6-7-20-14-24-23(18-4-2-1-3-5-18)13-10-21(16-28)26(24)29-25(20)15-19/h1-9,11-12,14-16,23H,10,13,27H2. The number of carbonyl (C=O) groups excluding carboxylic acids is 1. The molecule has 0 bridgehead atoms. The lowest BCUT2D eigenvalue weighted by atomic mass is 9.78. The third-order valence-electron chi connectivity index (χ3n) is 5.76. The quantitative estimate of drug-likeness (QED) is 0.466. The highest BCUT2D eigenvalue weighted by Gasteiger charge is 2.32. The second-order valence-corrected chi connectivity index (χ2v) is 7.55. The van der Waals surface area contributed by atoms with Crippen molar-refractivity contribution in [3.05, 3.63) is 101 Å². The normalized spacial score (nSPS) is 17.7.